The molecule has 4 rings (SSSR count). The summed E-state index contributed by atoms with van der Waals surface area (Å²) in [6.07, 6.45) is 9.33. The lowest BCUT2D eigenvalue weighted by Gasteiger charge is -2.21. The van der Waals surface area contributed by atoms with Crippen LogP contribution in [-0.2, 0) is 9.53 Å². The van der Waals surface area contributed by atoms with E-state index in [2.05, 4.69) is 4.99 Å². The van der Waals surface area contributed by atoms with Crippen LogP contribution in [-0.4, -0.2) is 17.6 Å². The fourth-order valence-corrected chi connectivity index (χ4v) is 4.52. The number of allylic oxidation sites excluding steroid dienone is 3. The van der Waals surface area contributed by atoms with Crippen molar-refractivity contribution in [3.63, 3.8) is 0 Å². The maximum Gasteiger partial charge on any atom is 0.338 e. The number of ether oxygens (including phenoxy) is 1. The zero-order valence-electron chi connectivity index (χ0n) is 17.8. The molecule has 2 aromatic carbocycles. The van der Waals surface area contributed by atoms with E-state index in [1.807, 2.05) is 85.0 Å². The van der Waals surface area contributed by atoms with Gasteiger partial charge in [0.25, 0.3) is 5.56 Å². The first kappa shape index (κ1) is 21.5. The molecule has 0 N–H and O–H groups in total. The molecule has 2 heterocycles. The molecule has 1 aromatic heterocycles. The normalized spacial score (nSPS) is 16.4. The van der Waals surface area contributed by atoms with Gasteiger partial charge in [0.05, 0.1) is 29.0 Å². The molecule has 160 valence electrons. The van der Waals surface area contributed by atoms with Crippen LogP contribution in [0.4, 0.5) is 0 Å². The standard InChI is InChI=1S/C26H22N2O3S/c1-18-23(25(30)31-2)21(17-16-20-12-7-4-8-13-20)28-24(29)22(32-26(28)27-18)15-9-14-19-10-5-3-6-11-19/h3-17,21H,1-2H3. The molecule has 3 aromatic rings. The maximum atomic E-state index is 13.3. The lowest BCUT2D eigenvalue weighted by Crippen LogP contribution is -2.38. The second kappa shape index (κ2) is 9.58. The average Bonchev–Trinajstić information content (AvgIpc) is 3.13. The van der Waals surface area contributed by atoms with Crippen LogP contribution in [0, 0.1) is 0 Å². The topological polar surface area (TPSA) is 60.7 Å². The number of fused-ring (bicyclic) bond motifs is 1. The third-order valence-electron chi connectivity index (χ3n) is 5.08. The third-order valence-corrected chi connectivity index (χ3v) is 6.08. The number of methoxy groups -OCH3 is 1. The summed E-state index contributed by atoms with van der Waals surface area (Å²) in [5, 5.41) is 0. The maximum absolute atomic E-state index is 13.3. The SMILES string of the molecule is COC(=O)C1=C(C)N=c2sc(=CC=Cc3ccccc3)c(=O)n2C1C=Cc1ccccc1. The summed E-state index contributed by atoms with van der Waals surface area (Å²) < 4.78 is 7.11. The van der Waals surface area contributed by atoms with Crippen molar-refractivity contribution < 1.29 is 9.53 Å². The summed E-state index contributed by atoms with van der Waals surface area (Å²) >= 11 is 1.30. The zero-order chi connectivity index (χ0) is 22.5. The Hall–Kier alpha value is -3.77. The van der Waals surface area contributed by atoms with Crippen molar-refractivity contribution in [2.75, 3.05) is 7.11 Å². The number of carbonyl (C=O) groups excluding carboxylic acids is 1. The zero-order valence-corrected chi connectivity index (χ0v) is 18.6. The lowest BCUT2D eigenvalue weighted by molar-refractivity contribution is -0.136. The minimum absolute atomic E-state index is 0.192. The van der Waals surface area contributed by atoms with Gasteiger partial charge < -0.3 is 4.74 Å². The van der Waals surface area contributed by atoms with Gasteiger partial charge in [-0.2, -0.15) is 0 Å². The molecule has 5 nitrogen and oxygen atoms in total. The molecule has 1 atom stereocenters. The molecule has 0 fully saturated rings. The Labute approximate surface area is 189 Å². The van der Waals surface area contributed by atoms with Gasteiger partial charge in [0.15, 0.2) is 4.80 Å². The van der Waals surface area contributed by atoms with Crippen LogP contribution in [0.5, 0.6) is 0 Å². The van der Waals surface area contributed by atoms with Crippen LogP contribution < -0.4 is 14.9 Å². The Morgan fingerprint density at radius 2 is 1.66 bits per heavy atom. The summed E-state index contributed by atoms with van der Waals surface area (Å²) in [7, 11) is 1.33. The van der Waals surface area contributed by atoms with E-state index in [9.17, 15) is 9.59 Å². The number of rotatable bonds is 5. The van der Waals surface area contributed by atoms with Crippen LogP contribution >= 0.6 is 11.3 Å². The molecule has 1 unspecified atom stereocenters. The lowest BCUT2D eigenvalue weighted by atomic mass is 10.0. The van der Waals surface area contributed by atoms with Crippen molar-refractivity contribution in [3.8, 4) is 0 Å². The first-order chi connectivity index (χ1) is 15.6. The predicted octanol–water partition coefficient (Wildman–Crippen LogP) is 3.74. The minimum atomic E-state index is -0.598. The number of esters is 1. The van der Waals surface area contributed by atoms with Crippen molar-refractivity contribution in [1.82, 2.24) is 4.57 Å². The van der Waals surface area contributed by atoms with Crippen LogP contribution in [0.2, 0.25) is 0 Å². The first-order valence-corrected chi connectivity index (χ1v) is 11.0. The molecular formula is C26H22N2O3S. The summed E-state index contributed by atoms with van der Waals surface area (Å²) in [6.45, 7) is 1.77. The summed E-state index contributed by atoms with van der Waals surface area (Å²) in [5.41, 5.74) is 2.73. The van der Waals surface area contributed by atoms with Crippen molar-refractivity contribution >= 4 is 35.5 Å². The van der Waals surface area contributed by atoms with E-state index in [0.717, 1.165) is 11.1 Å². The summed E-state index contributed by atoms with van der Waals surface area (Å²) in [6, 6.07) is 19.0. The van der Waals surface area contributed by atoms with E-state index in [4.69, 9.17) is 4.74 Å². The summed E-state index contributed by atoms with van der Waals surface area (Å²) in [5.74, 6) is -0.493. The molecular weight excluding hydrogens is 420 g/mol. The van der Waals surface area contributed by atoms with E-state index in [1.54, 1.807) is 17.6 Å². The Morgan fingerprint density at radius 3 is 2.28 bits per heavy atom. The molecule has 0 bridgehead atoms. The predicted molar refractivity (Wildman–Crippen MR) is 129 cm³/mol. The Bertz CT molecular complexity index is 1390. The van der Waals surface area contributed by atoms with E-state index in [-0.39, 0.29) is 5.56 Å². The fourth-order valence-electron chi connectivity index (χ4n) is 3.51. The Kier molecular flexibility index (Phi) is 6.42. The number of carbonyl (C=O) groups is 1. The number of benzene rings is 2. The van der Waals surface area contributed by atoms with Crippen molar-refractivity contribution in [3.05, 3.63) is 115 Å². The van der Waals surface area contributed by atoms with E-state index >= 15 is 0 Å². The van der Waals surface area contributed by atoms with Crippen molar-refractivity contribution in [1.29, 1.82) is 0 Å². The quantitative estimate of drug-likeness (QED) is 0.566. The van der Waals surface area contributed by atoms with Crippen molar-refractivity contribution in [2.24, 2.45) is 4.99 Å². The van der Waals surface area contributed by atoms with Crippen LogP contribution in [0.1, 0.15) is 24.1 Å². The monoisotopic (exact) mass is 442 g/mol. The minimum Gasteiger partial charge on any atom is -0.466 e. The van der Waals surface area contributed by atoms with Gasteiger partial charge in [-0.1, -0.05) is 96.3 Å². The Morgan fingerprint density at radius 1 is 1.03 bits per heavy atom. The van der Waals surface area contributed by atoms with Crippen LogP contribution in [0.3, 0.4) is 0 Å². The van der Waals surface area contributed by atoms with Gasteiger partial charge in [0.1, 0.15) is 0 Å². The molecule has 0 saturated carbocycles. The third kappa shape index (κ3) is 4.45. The van der Waals surface area contributed by atoms with E-state index in [0.29, 0.717) is 20.6 Å². The average molecular weight is 443 g/mol. The molecule has 6 heteroatoms. The van der Waals surface area contributed by atoms with E-state index < -0.39 is 12.0 Å². The van der Waals surface area contributed by atoms with Gasteiger partial charge in [-0.25, -0.2) is 9.79 Å². The van der Waals surface area contributed by atoms with Crippen LogP contribution in [0.25, 0.3) is 18.2 Å². The van der Waals surface area contributed by atoms with Gasteiger partial charge in [-0.3, -0.25) is 9.36 Å². The number of thiazole rings is 1. The highest BCUT2D eigenvalue weighted by atomic mass is 32.1. The molecule has 0 saturated heterocycles. The number of aromatic nitrogens is 1. The second-order valence-electron chi connectivity index (χ2n) is 7.18. The Balaban J connectivity index is 1.80. The highest BCUT2D eigenvalue weighted by Crippen LogP contribution is 2.26. The molecule has 0 amide bonds. The molecule has 1 aliphatic rings. The first-order valence-electron chi connectivity index (χ1n) is 10.1. The fraction of sp³-hybridized carbons (Fsp3) is 0.115. The summed E-state index contributed by atoms with van der Waals surface area (Å²) in [4.78, 5) is 30.9. The van der Waals surface area contributed by atoms with E-state index in [1.165, 1.54) is 18.4 Å². The molecule has 0 aliphatic carbocycles. The molecule has 1 aliphatic heterocycles. The number of hydrogen-bond donors (Lipinski definition) is 0. The van der Waals surface area contributed by atoms with Gasteiger partial charge in [0.2, 0.25) is 0 Å². The van der Waals surface area contributed by atoms with Crippen LogP contribution in [0.15, 0.2) is 93.9 Å². The van der Waals surface area contributed by atoms with Gasteiger partial charge >= 0.3 is 5.97 Å². The largest absolute Gasteiger partial charge is 0.466 e. The molecule has 32 heavy (non-hydrogen) atoms. The second-order valence-corrected chi connectivity index (χ2v) is 8.19. The number of nitrogens with zero attached hydrogens (tertiary/aromatic N) is 2. The van der Waals surface area contributed by atoms with Gasteiger partial charge in [-0.05, 0) is 24.1 Å². The van der Waals surface area contributed by atoms with Gasteiger partial charge in [0, 0.05) is 0 Å². The smallest absolute Gasteiger partial charge is 0.338 e. The van der Waals surface area contributed by atoms with Gasteiger partial charge in [-0.15, -0.1) is 0 Å². The molecule has 0 spiro atoms. The highest BCUT2D eigenvalue weighted by molar-refractivity contribution is 7.07. The molecule has 0 radical (unpaired) electrons. The number of hydrogen-bond acceptors (Lipinski definition) is 5. The highest BCUT2D eigenvalue weighted by Gasteiger charge is 2.29. The van der Waals surface area contributed by atoms with Crippen molar-refractivity contribution in [2.45, 2.75) is 13.0 Å².